The van der Waals surface area contributed by atoms with E-state index < -0.39 is 0 Å². The van der Waals surface area contributed by atoms with Crippen LogP contribution in [0.4, 0.5) is 0 Å². The predicted molar refractivity (Wildman–Crippen MR) is 80.8 cm³/mol. The summed E-state index contributed by atoms with van der Waals surface area (Å²) in [5, 5.41) is 9.04. The summed E-state index contributed by atoms with van der Waals surface area (Å²) in [5.74, 6) is 2.33. The number of carbonyl (C=O) groups is 1. The molecule has 2 heterocycles. The fraction of sp³-hybridized carbons (Fsp3) is 0.688. The number of piperidine rings is 1. The van der Waals surface area contributed by atoms with Gasteiger partial charge < -0.3 is 14.4 Å². The zero-order valence-corrected chi connectivity index (χ0v) is 13.0. The summed E-state index contributed by atoms with van der Waals surface area (Å²) in [6, 6.07) is 3.83. The number of aliphatic hydroxyl groups excluding tert-OH is 1. The second-order valence-corrected chi connectivity index (χ2v) is 6.02. The molecule has 1 amide bonds. The molecule has 0 radical (unpaired) electrons. The fourth-order valence-corrected chi connectivity index (χ4v) is 2.92. The number of aliphatic hydroxyl groups is 1. The topological polar surface area (TPSA) is 56.9 Å². The molecule has 5 heteroatoms. The molecule has 1 atom stereocenters. The quantitative estimate of drug-likeness (QED) is 0.866. The van der Waals surface area contributed by atoms with Crippen molar-refractivity contribution >= 4 is 5.91 Å². The Labute approximate surface area is 126 Å². The number of carbonyl (C=O) groups excluding carboxylic acids is 1. The minimum absolute atomic E-state index is 0.119. The van der Waals surface area contributed by atoms with Crippen molar-refractivity contribution < 1.29 is 14.3 Å². The molecule has 1 unspecified atom stereocenters. The van der Waals surface area contributed by atoms with E-state index in [2.05, 4.69) is 4.90 Å². The predicted octanol–water partition coefficient (Wildman–Crippen LogP) is 1.64. The van der Waals surface area contributed by atoms with E-state index in [0.717, 1.165) is 43.9 Å². The standard InChI is InChI=1S/C16H26N2O3/c1-13-5-6-15(21-13)11-17(2)16(20)12-18-8-3-4-14(10-18)7-9-19/h5-6,14,19H,3-4,7-12H2,1-2H3. The number of hydrogen-bond donors (Lipinski definition) is 1. The Bertz CT molecular complexity index is 456. The van der Waals surface area contributed by atoms with Crippen LogP contribution in [0.1, 0.15) is 30.8 Å². The normalized spacial score (nSPS) is 19.7. The van der Waals surface area contributed by atoms with Gasteiger partial charge in [-0.3, -0.25) is 9.69 Å². The van der Waals surface area contributed by atoms with Gasteiger partial charge in [0.15, 0.2) is 0 Å². The first-order chi connectivity index (χ1) is 10.1. The van der Waals surface area contributed by atoms with E-state index in [9.17, 15) is 4.79 Å². The fourth-order valence-electron chi connectivity index (χ4n) is 2.92. The molecule has 0 spiro atoms. The number of furan rings is 1. The maximum Gasteiger partial charge on any atom is 0.236 e. The molecular formula is C16H26N2O3. The minimum Gasteiger partial charge on any atom is -0.464 e. The second-order valence-electron chi connectivity index (χ2n) is 6.02. The third kappa shape index (κ3) is 4.86. The van der Waals surface area contributed by atoms with Gasteiger partial charge in [-0.2, -0.15) is 0 Å². The zero-order chi connectivity index (χ0) is 15.2. The van der Waals surface area contributed by atoms with Gasteiger partial charge in [0.1, 0.15) is 11.5 Å². The van der Waals surface area contributed by atoms with E-state index >= 15 is 0 Å². The lowest BCUT2D eigenvalue weighted by atomic mass is 9.95. The summed E-state index contributed by atoms with van der Waals surface area (Å²) in [6.45, 7) is 5.00. The number of nitrogens with zero attached hydrogens (tertiary/aromatic N) is 2. The van der Waals surface area contributed by atoms with Crippen molar-refractivity contribution in [3.63, 3.8) is 0 Å². The molecule has 5 nitrogen and oxygen atoms in total. The lowest BCUT2D eigenvalue weighted by molar-refractivity contribution is -0.132. The van der Waals surface area contributed by atoms with Gasteiger partial charge in [-0.15, -0.1) is 0 Å². The molecular weight excluding hydrogens is 268 g/mol. The van der Waals surface area contributed by atoms with Crippen molar-refractivity contribution in [3.05, 3.63) is 23.7 Å². The first-order valence-corrected chi connectivity index (χ1v) is 7.71. The van der Waals surface area contributed by atoms with Gasteiger partial charge in [0.25, 0.3) is 0 Å². The van der Waals surface area contributed by atoms with Crippen LogP contribution >= 0.6 is 0 Å². The van der Waals surface area contributed by atoms with Crippen molar-refractivity contribution in [1.29, 1.82) is 0 Å². The highest BCUT2D eigenvalue weighted by Crippen LogP contribution is 2.19. The number of amides is 1. The van der Waals surface area contributed by atoms with E-state index in [1.165, 1.54) is 0 Å². The van der Waals surface area contributed by atoms with Crippen LogP contribution in [0.5, 0.6) is 0 Å². The Morgan fingerprint density at radius 1 is 1.52 bits per heavy atom. The summed E-state index contributed by atoms with van der Waals surface area (Å²) >= 11 is 0. The van der Waals surface area contributed by atoms with Gasteiger partial charge in [0.05, 0.1) is 13.1 Å². The average molecular weight is 294 g/mol. The Balaban J connectivity index is 1.80. The molecule has 1 aliphatic rings. The first kappa shape index (κ1) is 16.0. The molecule has 0 saturated carbocycles. The Morgan fingerprint density at radius 3 is 3.00 bits per heavy atom. The first-order valence-electron chi connectivity index (χ1n) is 7.71. The van der Waals surface area contributed by atoms with Gasteiger partial charge in [0.2, 0.25) is 5.91 Å². The third-order valence-corrected chi connectivity index (χ3v) is 4.11. The van der Waals surface area contributed by atoms with E-state index in [-0.39, 0.29) is 12.5 Å². The zero-order valence-electron chi connectivity index (χ0n) is 13.0. The van der Waals surface area contributed by atoms with Crippen LogP contribution < -0.4 is 0 Å². The maximum atomic E-state index is 12.3. The second kappa shape index (κ2) is 7.61. The molecule has 21 heavy (non-hydrogen) atoms. The van der Waals surface area contributed by atoms with Crippen LogP contribution in [0.15, 0.2) is 16.5 Å². The lowest BCUT2D eigenvalue weighted by Crippen LogP contribution is -2.43. The van der Waals surface area contributed by atoms with Crippen molar-refractivity contribution in [2.45, 2.75) is 32.7 Å². The largest absolute Gasteiger partial charge is 0.464 e. The van der Waals surface area contributed by atoms with E-state index in [1.807, 2.05) is 26.1 Å². The summed E-state index contributed by atoms with van der Waals surface area (Å²) in [5.41, 5.74) is 0. The lowest BCUT2D eigenvalue weighted by Gasteiger charge is -2.32. The van der Waals surface area contributed by atoms with Crippen LogP contribution in [0.2, 0.25) is 0 Å². The molecule has 118 valence electrons. The Hall–Kier alpha value is -1.33. The molecule has 1 aromatic heterocycles. The van der Waals surface area contributed by atoms with Gasteiger partial charge >= 0.3 is 0 Å². The van der Waals surface area contributed by atoms with Gasteiger partial charge in [-0.1, -0.05) is 0 Å². The molecule has 0 aromatic carbocycles. The number of rotatable bonds is 6. The molecule has 1 aliphatic heterocycles. The van der Waals surface area contributed by atoms with Crippen LogP contribution in [0, 0.1) is 12.8 Å². The molecule has 2 rings (SSSR count). The van der Waals surface area contributed by atoms with Crippen LogP contribution in [0.3, 0.4) is 0 Å². The van der Waals surface area contributed by atoms with Gasteiger partial charge in [0, 0.05) is 20.2 Å². The van der Waals surface area contributed by atoms with Crippen LogP contribution in [-0.2, 0) is 11.3 Å². The molecule has 1 aromatic rings. The molecule has 1 saturated heterocycles. The smallest absolute Gasteiger partial charge is 0.236 e. The summed E-state index contributed by atoms with van der Waals surface area (Å²) in [4.78, 5) is 16.2. The van der Waals surface area contributed by atoms with E-state index in [0.29, 0.717) is 19.0 Å². The van der Waals surface area contributed by atoms with Crippen molar-refractivity contribution in [1.82, 2.24) is 9.80 Å². The van der Waals surface area contributed by atoms with Crippen molar-refractivity contribution in [2.75, 3.05) is 33.3 Å². The highest BCUT2D eigenvalue weighted by atomic mass is 16.3. The van der Waals surface area contributed by atoms with Crippen molar-refractivity contribution in [3.8, 4) is 0 Å². The maximum absolute atomic E-state index is 12.3. The average Bonchev–Trinajstić information content (AvgIpc) is 2.85. The molecule has 0 aliphatic carbocycles. The summed E-state index contributed by atoms with van der Waals surface area (Å²) in [7, 11) is 1.81. The molecule has 1 N–H and O–H groups in total. The number of likely N-dealkylation sites (N-methyl/N-ethyl adjacent to an activating group) is 1. The van der Waals surface area contributed by atoms with E-state index in [4.69, 9.17) is 9.52 Å². The van der Waals surface area contributed by atoms with Gasteiger partial charge in [-0.25, -0.2) is 0 Å². The highest BCUT2D eigenvalue weighted by Gasteiger charge is 2.22. The van der Waals surface area contributed by atoms with Crippen LogP contribution in [0.25, 0.3) is 0 Å². The Kier molecular flexibility index (Phi) is 5.82. The number of hydrogen-bond acceptors (Lipinski definition) is 4. The Morgan fingerprint density at radius 2 is 2.33 bits per heavy atom. The summed E-state index contributed by atoms with van der Waals surface area (Å²) in [6.07, 6.45) is 3.11. The van der Waals surface area contributed by atoms with Crippen LogP contribution in [-0.4, -0.2) is 54.1 Å². The molecule has 1 fully saturated rings. The number of aryl methyl sites for hydroxylation is 1. The third-order valence-electron chi connectivity index (χ3n) is 4.11. The van der Waals surface area contributed by atoms with E-state index in [1.54, 1.807) is 4.90 Å². The molecule has 0 bridgehead atoms. The SMILES string of the molecule is Cc1ccc(CN(C)C(=O)CN2CCCC(CCO)C2)o1. The summed E-state index contributed by atoms with van der Waals surface area (Å²) < 4.78 is 5.51. The van der Waals surface area contributed by atoms with Crippen molar-refractivity contribution in [2.24, 2.45) is 5.92 Å². The highest BCUT2D eigenvalue weighted by molar-refractivity contribution is 5.77. The van der Waals surface area contributed by atoms with Gasteiger partial charge in [-0.05, 0) is 50.8 Å². The number of likely N-dealkylation sites (tertiary alicyclic amines) is 1. The minimum atomic E-state index is 0.119. The monoisotopic (exact) mass is 294 g/mol.